The van der Waals surface area contributed by atoms with Crippen molar-refractivity contribution in [2.45, 2.75) is 12.5 Å². The lowest BCUT2D eigenvalue weighted by Crippen LogP contribution is -2.56. The Kier molecular flexibility index (Phi) is 4.49. The number of hydrogen-bond acceptors (Lipinski definition) is 4. The van der Waals surface area contributed by atoms with Crippen molar-refractivity contribution >= 4 is 5.97 Å². The second-order valence-corrected chi connectivity index (χ2v) is 5.52. The van der Waals surface area contributed by atoms with Crippen LogP contribution in [-0.2, 0) is 10.3 Å². The lowest BCUT2D eigenvalue weighted by Gasteiger charge is -2.42. The predicted molar refractivity (Wildman–Crippen MR) is 77.0 cm³/mol. The molecule has 0 aliphatic carbocycles. The summed E-state index contributed by atoms with van der Waals surface area (Å²) >= 11 is 0. The molecule has 1 heterocycles. The summed E-state index contributed by atoms with van der Waals surface area (Å²) in [6, 6.07) is 4.35. The van der Waals surface area contributed by atoms with Crippen LogP contribution in [0.1, 0.15) is 12.5 Å². The molecular formula is C15H21FN2O3. The van der Waals surface area contributed by atoms with E-state index in [1.54, 1.807) is 13.0 Å². The van der Waals surface area contributed by atoms with Gasteiger partial charge >= 0.3 is 5.97 Å². The number of ether oxygens (including phenoxy) is 1. The van der Waals surface area contributed by atoms with Crippen LogP contribution in [0.5, 0.6) is 5.75 Å². The first-order valence-electron chi connectivity index (χ1n) is 6.90. The summed E-state index contributed by atoms with van der Waals surface area (Å²) < 4.78 is 18.8. The van der Waals surface area contributed by atoms with Crippen LogP contribution < -0.4 is 4.74 Å². The van der Waals surface area contributed by atoms with Crippen LogP contribution in [-0.4, -0.2) is 61.2 Å². The van der Waals surface area contributed by atoms with Crippen LogP contribution in [0.4, 0.5) is 4.39 Å². The highest BCUT2D eigenvalue weighted by atomic mass is 19.1. The first-order chi connectivity index (χ1) is 9.89. The van der Waals surface area contributed by atoms with Gasteiger partial charge in [0.2, 0.25) is 0 Å². The van der Waals surface area contributed by atoms with Crippen molar-refractivity contribution in [2.75, 3.05) is 40.3 Å². The van der Waals surface area contributed by atoms with Crippen LogP contribution in [0, 0.1) is 5.82 Å². The largest absolute Gasteiger partial charge is 0.494 e. The van der Waals surface area contributed by atoms with Crippen molar-refractivity contribution in [1.82, 2.24) is 9.80 Å². The smallest absolute Gasteiger partial charge is 0.328 e. The molecule has 0 saturated carbocycles. The highest BCUT2D eigenvalue weighted by Crippen LogP contribution is 2.32. The molecule has 1 unspecified atom stereocenters. The van der Waals surface area contributed by atoms with Gasteiger partial charge in [0.15, 0.2) is 11.6 Å². The summed E-state index contributed by atoms with van der Waals surface area (Å²) in [6.45, 7) is 4.48. The number of piperazine rings is 1. The molecule has 1 atom stereocenters. The molecule has 0 aromatic heterocycles. The maximum absolute atomic E-state index is 13.9. The third kappa shape index (κ3) is 2.87. The Morgan fingerprint density at radius 2 is 1.95 bits per heavy atom. The van der Waals surface area contributed by atoms with Gasteiger partial charge < -0.3 is 14.7 Å². The number of hydrogen-bond donors (Lipinski definition) is 1. The van der Waals surface area contributed by atoms with Gasteiger partial charge in [0, 0.05) is 26.2 Å². The van der Waals surface area contributed by atoms with Crippen molar-refractivity contribution in [3.05, 3.63) is 29.6 Å². The fourth-order valence-electron chi connectivity index (χ4n) is 2.66. The number of benzene rings is 1. The summed E-state index contributed by atoms with van der Waals surface area (Å²) in [5.41, 5.74) is -0.813. The van der Waals surface area contributed by atoms with E-state index in [4.69, 9.17) is 4.74 Å². The van der Waals surface area contributed by atoms with Crippen LogP contribution in [0.25, 0.3) is 0 Å². The normalized spacial score (nSPS) is 20.0. The molecule has 116 valence electrons. The van der Waals surface area contributed by atoms with Gasteiger partial charge in [0.05, 0.1) is 7.11 Å². The van der Waals surface area contributed by atoms with Crippen LogP contribution in [0.3, 0.4) is 0 Å². The van der Waals surface area contributed by atoms with Crippen molar-refractivity contribution in [1.29, 1.82) is 0 Å². The molecule has 1 aliphatic heterocycles. The van der Waals surface area contributed by atoms with Gasteiger partial charge in [0.1, 0.15) is 5.54 Å². The van der Waals surface area contributed by atoms with E-state index in [-0.39, 0.29) is 5.75 Å². The number of carboxylic acid groups (broad SMARTS) is 1. The fraction of sp³-hybridized carbons (Fsp3) is 0.533. The minimum Gasteiger partial charge on any atom is -0.494 e. The summed E-state index contributed by atoms with van der Waals surface area (Å²) in [5, 5.41) is 9.71. The number of likely N-dealkylation sites (N-methyl/N-ethyl adjacent to an activating group) is 1. The topological polar surface area (TPSA) is 53.0 Å². The van der Waals surface area contributed by atoms with E-state index in [2.05, 4.69) is 4.90 Å². The molecule has 1 aromatic carbocycles. The van der Waals surface area contributed by atoms with E-state index >= 15 is 0 Å². The van der Waals surface area contributed by atoms with Gasteiger partial charge in [0.25, 0.3) is 0 Å². The molecule has 1 fully saturated rings. The van der Waals surface area contributed by atoms with Crippen molar-refractivity contribution < 1.29 is 19.0 Å². The van der Waals surface area contributed by atoms with Crippen molar-refractivity contribution in [3.63, 3.8) is 0 Å². The highest BCUT2D eigenvalue weighted by molar-refractivity contribution is 5.80. The Morgan fingerprint density at radius 3 is 2.43 bits per heavy atom. The van der Waals surface area contributed by atoms with Crippen molar-refractivity contribution in [2.24, 2.45) is 0 Å². The molecule has 1 aliphatic rings. The zero-order valence-electron chi connectivity index (χ0n) is 12.6. The standard InChI is InChI=1S/C15H21FN2O3/c1-15(14(19)20,18-8-6-17(2)7-9-18)11-4-5-13(21-3)12(16)10-11/h4-5,10H,6-9H2,1-3H3,(H,19,20). The number of nitrogens with zero attached hydrogens (tertiary/aromatic N) is 2. The van der Waals surface area contributed by atoms with Gasteiger partial charge in [-0.25, -0.2) is 9.18 Å². The number of rotatable bonds is 4. The zero-order valence-corrected chi connectivity index (χ0v) is 12.6. The second kappa shape index (κ2) is 5.99. The SMILES string of the molecule is COc1ccc(C(C)(C(=O)O)N2CCN(C)CC2)cc1F. The maximum Gasteiger partial charge on any atom is 0.328 e. The Morgan fingerprint density at radius 1 is 1.33 bits per heavy atom. The number of halogens is 1. The Hall–Kier alpha value is -1.66. The van der Waals surface area contributed by atoms with Gasteiger partial charge in [-0.2, -0.15) is 0 Å². The second-order valence-electron chi connectivity index (χ2n) is 5.52. The first kappa shape index (κ1) is 15.7. The highest BCUT2D eigenvalue weighted by Gasteiger charge is 2.42. The molecule has 0 bridgehead atoms. The predicted octanol–water partition coefficient (Wildman–Crippen LogP) is 1.38. The third-order valence-electron chi connectivity index (χ3n) is 4.27. The van der Waals surface area contributed by atoms with Gasteiger partial charge in [-0.3, -0.25) is 4.90 Å². The number of carbonyl (C=O) groups is 1. The Labute approximate surface area is 123 Å². The lowest BCUT2D eigenvalue weighted by atomic mass is 9.89. The van der Waals surface area contributed by atoms with Crippen LogP contribution in [0.15, 0.2) is 18.2 Å². The first-order valence-corrected chi connectivity index (χ1v) is 6.90. The van der Waals surface area contributed by atoms with E-state index in [0.717, 1.165) is 13.1 Å². The van der Waals surface area contributed by atoms with Crippen molar-refractivity contribution in [3.8, 4) is 5.75 Å². The Balaban J connectivity index is 2.38. The summed E-state index contributed by atoms with van der Waals surface area (Å²) in [5.74, 6) is -1.40. The van der Waals surface area contributed by atoms with Gasteiger partial charge in [-0.15, -0.1) is 0 Å². The van der Waals surface area contributed by atoms with E-state index < -0.39 is 17.3 Å². The molecule has 1 N–H and O–H groups in total. The van der Waals surface area contributed by atoms with Gasteiger partial charge in [-0.1, -0.05) is 6.07 Å². The minimum absolute atomic E-state index is 0.116. The van der Waals surface area contributed by atoms with E-state index in [1.807, 2.05) is 11.9 Å². The molecule has 0 radical (unpaired) electrons. The number of carboxylic acids is 1. The Bertz CT molecular complexity index is 530. The molecule has 0 amide bonds. The van der Waals surface area contributed by atoms with E-state index in [0.29, 0.717) is 18.7 Å². The van der Waals surface area contributed by atoms with Gasteiger partial charge in [-0.05, 0) is 31.7 Å². The van der Waals surface area contributed by atoms with Crippen LogP contribution in [0.2, 0.25) is 0 Å². The summed E-state index contributed by atoms with van der Waals surface area (Å²) in [4.78, 5) is 15.9. The summed E-state index contributed by atoms with van der Waals surface area (Å²) in [6.07, 6.45) is 0. The maximum atomic E-state index is 13.9. The molecule has 21 heavy (non-hydrogen) atoms. The lowest BCUT2D eigenvalue weighted by molar-refractivity contribution is -0.152. The summed E-state index contributed by atoms with van der Waals surface area (Å²) in [7, 11) is 3.39. The molecule has 1 aromatic rings. The third-order valence-corrected chi connectivity index (χ3v) is 4.27. The average Bonchev–Trinajstić information content (AvgIpc) is 2.46. The average molecular weight is 296 g/mol. The quantitative estimate of drug-likeness (QED) is 0.910. The monoisotopic (exact) mass is 296 g/mol. The van der Waals surface area contributed by atoms with E-state index in [1.165, 1.54) is 19.2 Å². The van der Waals surface area contributed by atoms with E-state index in [9.17, 15) is 14.3 Å². The zero-order chi connectivity index (χ0) is 15.6. The number of methoxy groups -OCH3 is 1. The molecule has 2 rings (SSSR count). The fourth-order valence-corrected chi connectivity index (χ4v) is 2.66. The minimum atomic E-state index is -1.24. The number of aliphatic carboxylic acids is 1. The van der Waals surface area contributed by atoms with Crippen LogP contribution >= 0.6 is 0 Å². The molecule has 6 heteroatoms. The molecular weight excluding hydrogens is 275 g/mol. The molecule has 5 nitrogen and oxygen atoms in total. The molecule has 1 saturated heterocycles. The molecule has 0 spiro atoms.